The van der Waals surface area contributed by atoms with E-state index in [-0.39, 0.29) is 19.8 Å². The number of esters is 2. The third-order valence-corrected chi connectivity index (χ3v) is 0.978. The molecule has 5 heteroatoms. The molecule has 0 saturated heterocycles. The summed E-state index contributed by atoms with van der Waals surface area (Å²) in [6.45, 7) is 1.61. The summed E-state index contributed by atoms with van der Waals surface area (Å²) in [5, 5.41) is 8.28. The van der Waals surface area contributed by atoms with Crippen LogP contribution >= 0.6 is 0 Å². The van der Waals surface area contributed by atoms with Gasteiger partial charge in [-0.3, -0.25) is 0 Å². The summed E-state index contributed by atoms with van der Waals surface area (Å²) in [5.74, 6) is -1.27. The molecule has 0 radical (unpaired) electrons. The normalized spacial score (nSPS) is 10.0. The van der Waals surface area contributed by atoms with Crippen molar-refractivity contribution in [2.45, 2.75) is 6.92 Å². The van der Waals surface area contributed by atoms with Crippen LogP contribution in [0.1, 0.15) is 6.92 Å². The lowest BCUT2D eigenvalue weighted by atomic mass is 10.5. The zero-order valence-corrected chi connectivity index (χ0v) is 7.36. The smallest absolute Gasteiger partial charge is 0.331 e. The Labute approximate surface area is 75.9 Å². The van der Waals surface area contributed by atoms with Crippen LogP contribution in [0.4, 0.5) is 0 Å². The summed E-state index contributed by atoms with van der Waals surface area (Å²) >= 11 is 0. The van der Waals surface area contributed by atoms with Crippen LogP contribution in [-0.2, 0) is 19.1 Å². The highest BCUT2D eigenvalue weighted by Crippen LogP contribution is 1.84. The molecular weight excluding hydrogens is 176 g/mol. The number of hydrogen-bond donors (Lipinski definition) is 1. The van der Waals surface area contributed by atoms with Crippen molar-refractivity contribution in [3.05, 3.63) is 12.2 Å². The minimum atomic E-state index is -0.679. The third-order valence-electron chi connectivity index (χ3n) is 0.978. The first-order valence-electron chi connectivity index (χ1n) is 3.83. The number of carbonyl (C=O) groups is 2. The Kier molecular flexibility index (Phi) is 6.53. The molecule has 0 atom stereocenters. The van der Waals surface area contributed by atoms with Gasteiger partial charge in [0.15, 0.2) is 0 Å². The molecule has 13 heavy (non-hydrogen) atoms. The largest absolute Gasteiger partial charge is 0.463 e. The summed E-state index contributed by atoms with van der Waals surface area (Å²) in [7, 11) is 0. The maximum atomic E-state index is 10.7. The zero-order valence-electron chi connectivity index (χ0n) is 7.36. The van der Waals surface area contributed by atoms with Crippen molar-refractivity contribution in [2.24, 2.45) is 0 Å². The Bertz CT molecular complexity index is 197. The van der Waals surface area contributed by atoms with Gasteiger partial charge in [0.2, 0.25) is 0 Å². The van der Waals surface area contributed by atoms with Crippen molar-refractivity contribution in [1.82, 2.24) is 0 Å². The van der Waals surface area contributed by atoms with E-state index in [0.29, 0.717) is 0 Å². The molecule has 0 rings (SSSR count). The van der Waals surface area contributed by atoms with Crippen LogP contribution in [0.5, 0.6) is 0 Å². The maximum absolute atomic E-state index is 10.7. The molecule has 0 aliphatic carbocycles. The average Bonchev–Trinajstić information content (AvgIpc) is 2.12. The number of ether oxygens (including phenoxy) is 2. The Hall–Kier alpha value is -1.36. The topological polar surface area (TPSA) is 72.8 Å². The SMILES string of the molecule is CCOC(=O)/C=C\C(=O)OCCO. The van der Waals surface area contributed by atoms with E-state index in [1.165, 1.54) is 0 Å². The van der Waals surface area contributed by atoms with Gasteiger partial charge in [-0.15, -0.1) is 0 Å². The molecule has 0 saturated carbocycles. The summed E-state index contributed by atoms with van der Waals surface area (Å²) < 4.78 is 8.95. The van der Waals surface area contributed by atoms with Gasteiger partial charge in [-0.1, -0.05) is 0 Å². The van der Waals surface area contributed by atoms with Gasteiger partial charge in [-0.2, -0.15) is 0 Å². The second-order valence-electron chi connectivity index (χ2n) is 1.98. The third kappa shape index (κ3) is 7.02. The highest BCUT2D eigenvalue weighted by molar-refractivity contribution is 5.91. The molecule has 0 aromatic carbocycles. The minimum Gasteiger partial charge on any atom is -0.463 e. The number of rotatable bonds is 5. The van der Waals surface area contributed by atoms with Gasteiger partial charge in [-0.25, -0.2) is 9.59 Å². The van der Waals surface area contributed by atoms with Crippen molar-refractivity contribution < 1.29 is 24.2 Å². The second kappa shape index (κ2) is 7.30. The minimum absolute atomic E-state index is 0.0774. The molecule has 0 bridgehead atoms. The average molecular weight is 188 g/mol. The van der Waals surface area contributed by atoms with E-state index >= 15 is 0 Å². The standard InChI is InChI=1S/C8H12O5/c1-2-12-7(10)3-4-8(11)13-6-5-9/h3-4,9H,2,5-6H2,1H3/b4-3-. The van der Waals surface area contributed by atoms with Crippen molar-refractivity contribution in [3.8, 4) is 0 Å². The van der Waals surface area contributed by atoms with Crippen LogP contribution in [0.3, 0.4) is 0 Å². The Morgan fingerprint density at radius 3 is 2.23 bits per heavy atom. The highest BCUT2D eigenvalue weighted by atomic mass is 16.5. The number of carbonyl (C=O) groups excluding carboxylic acids is 2. The van der Waals surface area contributed by atoms with Gasteiger partial charge in [-0.05, 0) is 6.92 Å². The molecule has 0 heterocycles. The summed E-state index contributed by atoms with van der Waals surface area (Å²) in [6.07, 6.45) is 1.93. The van der Waals surface area contributed by atoms with Gasteiger partial charge < -0.3 is 14.6 Å². The lowest BCUT2D eigenvalue weighted by molar-refractivity contribution is -0.140. The van der Waals surface area contributed by atoms with Crippen LogP contribution in [0.2, 0.25) is 0 Å². The van der Waals surface area contributed by atoms with Crippen LogP contribution in [0, 0.1) is 0 Å². The fourth-order valence-electron chi connectivity index (χ4n) is 0.521. The fraction of sp³-hybridized carbons (Fsp3) is 0.500. The predicted octanol–water partition coefficient (Wildman–Crippen LogP) is -0.359. The molecule has 0 aromatic rings. The molecule has 0 fully saturated rings. The molecule has 74 valence electrons. The Morgan fingerprint density at radius 2 is 1.77 bits per heavy atom. The van der Waals surface area contributed by atoms with Gasteiger partial charge in [0.05, 0.1) is 13.2 Å². The highest BCUT2D eigenvalue weighted by Gasteiger charge is 1.98. The first kappa shape index (κ1) is 11.6. The first-order valence-corrected chi connectivity index (χ1v) is 3.83. The Morgan fingerprint density at radius 1 is 1.23 bits per heavy atom. The second-order valence-corrected chi connectivity index (χ2v) is 1.98. The molecule has 0 aliphatic heterocycles. The van der Waals surface area contributed by atoms with Crippen molar-refractivity contribution in [2.75, 3.05) is 19.8 Å². The lowest BCUT2D eigenvalue weighted by Crippen LogP contribution is -2.07. The maximum Gasteiger partial charge on any atom is 0.331 e. The molecule has 0 amide bonds. The number of aliphatic hydroxyl groups is 1. The molecule has 0 spiro atoms. The number of hydrogen-bond acceptors (Lipinski definition) is 5. The molecular formula is C8H12O5. The van der Waals surface area contributed by atoms with Crippen molar-refractivity contribution in [1.29, 1.82) is 0 Å². The van der Waals surface area contributed by atoms with Crippen LogP contribution in [0.15, 0.2) is 12.2 Å². The summed E-state index contributed by atoms with van der Waals surface area (Å²) in [5.41, 5.74) is 0. The molecule has 1 N–H and O–H groups in total. The molecule has 5 nitrogen and oxygen atoms in total. The van der Waals surface area contributed by atoms with Gasteiger partial charge >= 0.3 is 11.9 Å². The predicted molar refractivity (Wildman–Crippen MR) is 43.8 cm³/mol. The van der Waals surface area contributed by atoms with Gasteiger partial charge in [0, 0.05) is 12.2 Å². The Balaban J connectivity index is 3.69. The van der Waals surface area contributed by atoms with E-state index in [2.05, 4.69) is 9.47 Å². The first-order chi connectivity index (χ1) is 6.20. The van der Waals surface area contributed by atoms with Crippen molar-refractivity contribution in [3.63, 3.8) is 0 Å². The van der Waals surface area contributed by atoms with E-state index in [9.17, 15) is 9.59 Å². The van der Waals surface area contributed by atoms with Crippen LogP contribution in [-0.4, -0.2) is 36.9 Å². The molecule has 0 unspecified atom stereocenters. The van der Waals surface area contributed by atoms with E-state index in [1.54, 1.807) is 6.92 Å². The van der Waals surface area contributed by atoms with Crippen molar-refractivity contribution >= 4 is 11.9 Å². The number of aliphatic hydroxyl groups excluding tert-OH is 1. The summed E-state index contributed by atoms with van der Waals surface area (Å²) in [6, 6.07) is 0. The van der Waals surface area contributed by atoms with E-state index in [4.69, 9.17) is 5.11 Å². The van der Waals surface area contributed by atoms with Gasteiger partial charge in [0.25, 0.3) is 0 Å². The molecule has 0 aliphatic rings. The fourth-order valence-corrected chi connectivity index (χ4v) is 0.521. The van der Waals surface area contributed by atoms with Crippen LogP contribution in [0.25, 0.3) is 0 Å². The zero-order chi connectivity index (χ0) is 10.1. The monoisotopic (exact) mass is 188 g/mol. The summed E-state index contributed by atoms with van der Waals surface area (Å²) in [4.78, 5) is 21.3. The van der Waals surface area contributed by atoms with Crippen LogP contribution < -0.4 is 0 Å². The quantitative estimate of drug-likeness (QED) is 0.471. The van der Waals surface area contributed by atoms with E-state index < -0.39 is 11.9 Å². The van der Waals surface area contributed by atoms with E-state index in [0.717, 1.165) is 12.2 Å². The molecule has 0 aromatic heterocycles. The van der Waals surface area contributed by atoms with E-state index in [1.807, 2.05) is 0 Å². The lowest BCUT2D eigenvalue weighted by Gasteiger charge is -1.97. The van der Waals surface area contributed by atoms with Gasteiger partial charge in [0.1, 0.15) is 6.61 Å².